The first kappa shape index (κ1) is 13.4. The fourth-order valence-corrected chi connectivity index (χ4v) is 2.42. The molecule has 1 heterocycles. The van der Waals surface area contributed by atoms with E-state index in [1.807, 2.05) is 30.3 Å². The van der Waals surface area contributed by atoms with Crippen molar-refractivity contribution < 1.29 is 9.52 Å². The van der Waals surface area contributed by atoms with Crippen molar-refractivity contribution >= 4 is 11.0 Å². The molecule has 0 unspecified atom stereocenters. The van der Waals surface area contributed by atoms with Gasteiger partial charge in [0.15, 0.2) is 5.43 Å². The highest BCUT2D eigenvalue weighted by Gasteiger charge is 2.11. The van der Waals surface area contributed by atoms with E-state index < -0.39 is 0 Å². The van der Waals surface area contributed by atoms with Gasteiger partial charge in [-0.25, -0.2) is 0 Å². The molecule has 0 amide bonds. The minimum atomic E-state index is -0.194. The van der Waals surface area contributed by atoms with E-state index in [4.69, 9.17) is 4.42 Å². The molecule has 2 aromatic carbocycles. The normalized spacial score (nSPS) is 10.9. The molecular formula is C18H16O3. The predicted octanol–water partition coefficient (Wildman–Crippen LogP) is 3.59. The number of phenols is 1. The molecule has 1 aromatic heterocycles. The molecule has 3 heteroatoms. The highest BCUT2D eigenvalue weighted by Crippen LogP contribution is 2.26. The van der Waals surface area contributed by atoms with Gasteiger partial charge >= 0.3 is 0 Å². The molecule has 0 aliphatic carbocycles. The first-order chi connectivity index (χ1) is 10.1. The zero-order chi connectivity index (χ0) is 14.8. The third kappa shape index (κ3) is 2.68. The summed E-state index contributed by atoms with van der Waals surface area (Å²) in [4.78, 5) is 12.2. The average molecular weight is 280 g/mol. The van der Waals surface area contributed by atoms with Gasteiger partial charge in [-0.2, -0.15) is 0 Å². The summed E-state index contributed by atoms with van der Waals surface area (Å²) < 4.78 is 5.74. The van der Waals surface area contributed by atoms with E-state index in [1.165, 1.54) is 11.6 Å². The van der Waals surface area contributed by atoms with E-state index in [1.54, 1.807) is 19.1 Å². The maximum atomic E-state index is 12.2. The van der Waals surface area contributed by atoms with Crippen molar-refractivity contribution in [1.29, 1.82) is 0 Å². The van der Waals surface area contributed by atoms with Gasteiger partial charge in [-0.05, 0) is 30.5 Å². The fourth-order valence-electron chi connectivity index (χ4n) is 2.42. The minimum Gasteiger partial charge on any atom is -0.507 e. The lowest BCUT2D eigenvalue weighted by Gasteiger charge is -2.06. The molecule has 0 radical (unpaired) electrons. The first-order valence-corrected chi connectivity index (χ1v) is 6.94. The molecule has 0 aliphatic heterocycles. The molecule has 0 aliphatic rings. The highest BCUT2D eigenvalue weighted by atomic mass is 16.3. The molecule has 3 rings (SSSR count). The second-order valence-electron chi connectivity index (χ2n) is 5.17. The summed E-state index contributed by atoms with van der Waals surface area (Å²) in [5, 5.41) is 10.2. The lowest BCUT2D eigenvalue weighted by Crippen LogP contribution is -2.04. The monoisotopic (exact) mass is 280 g/mol. The van der Waals surface area contributed by atoms with Crippen LogP contribution in [0.15, 0.2) is 57.7 Å². The van der Waals surface area contributed by atoms with Crippen LogP contribution in [0.5, 0.6) is 5.75 Å². The number of rotatable bonds is 3. The molecule has 0 fully saturated rings. The van der Waals surface area contributed by atoms with Gasteiger partial charge in [-0.3, -0.25) is 4.79 Å². The Hall–Kier alpha value is -2.55. The summed E-state index contributed by atoms with van der Waals surface area (Å²) >= 11 is 0. The van der Waals surface area contributed by atoms with Gasteiger partial charge in [-0.1, -0.05) is 36.4 Å². The van der Waals surface area contributed by atoms with Gasteiger partial charge in [0.05, 0.1) is 0 Å². The van der Waals surface area contributed by atoms with E-state index in [-0.39, 0.29) is 16.6 Å². The van der Waals surface area contributed by atoms with Gasteiger partial charge in [0.2, 0.25) is 0 Å². The Kier molecular flexibility index (Phi) is 3.48. The largest absolute Gasteiger partial charge is 0.507 e. The van der Waals surface area contributed by atoms with Crippen molar-refractivity contribution in [2.24, 2.45) is 0 Å². The third-order valence-electron chi connectivity index (χ3n) is 3.62. The molecule has 3 nitrogen and oxygen atoms in total. The van der Waals surface area contributed by atoms with Crippen LogP contribution in [0.4, 0.5) is 0 Å². The van der Waals surface area contributed by atoms with Crippen LogP contribution < -0.4 is 5.43 Å². The van der Waals surface area contributed by atoms with E-state index in [0.717, 1.165) is 6.42 Å². The van der Waals surface area contributed by atoms with Crippen molar-refractivity contribution in [3.05, 3.63) is 75.6 Å². The van der Waals surface area contributed by atoms with Crippen LogP contribution >= 0.6 is 0 Å². The predicted molar refractivity (Wildman–Crippen MR) is 82.7 cm³/mol. The second kappa shape index (κ2) is 5.44. The van der Waals surface area contributed by atoms with Crippen molar-refractivity contribution in [2.75, 3.05) is 0 Å². The number of hydrogen-bond donors (Lipinski definition) is 1. The van der Waals surface area contributed by atoms with Crippen LogP contribution in [-0.4, -0.2) is 5.11 Å². The minimum absolute atomic E-state index is 0.0101. The average Bonchev–Trinajstić information content (AvgIpc) is 2.50. The van der Waals surface area contributed by atoms with Gasteiger partial charge in [0.1, 0.15) is 22.5 Å². The quantitative estimate of drug-likeness (QED) is 0.797. The number of phenolic OH excluding ortho intramolecular Hbond substituents is 1. The number of aryl methyl sites for hydroxylation is 3. The Morgan fingerprint density at radius 2 is 1.81 bits per heavy atom. The molecule has 3 aromatic rings. The molecule has 106 valence electrons. The molecule has 0 atom stereocenters. The Balaban J connectivity index is 1.94. The van der Waals surface area contributed by atoms with Crippen LogP contribution in [-0.2, 0) is 12.8 Å². The standard InChI is InChI=1S/C18H16O3/c1-12-7-10-16-17(18(12)20)15(19)11-14(21-16)9-8-13-5-3-2-4-6-13/h2-7,10-11,20H,8-9H2,1H3. The van der Waals surface area contributed by atoms with Crippen LogP contribution in [0.3, 0.4) is 0 Å². The van der Waals surface area contributed by atoms with Crippen molar-refractivity contribution in [1.82, 2.24) is 0 Å². The summed E-state index contributed by atoms with van der Waals surface area (Å²) in [6, 6.07) is 15.0. The smallest absolute Gasteiger partial charge is 0.196 e. The summed E-state index contributed by atoms with van der Waals surface area (Å²) in [5.74, 6) is 0.649. The number of aromatic hydroxyl groups is 1. The van der Waals surface area contributed by atoms with Crippen LogP contribution in [0.2, 0.25) is 0 Å². The number of fused-ring (bicyclic) bond motifs is 1. The lowest BCUT2D eigenvalue weighted by atomic mass is 10.1. The van der Waals surface area contributed by atoms with Gasteiger partial charge < -0.3 is 9.52 Å². The Morgan fingerprint density at radius 1 is 1.05 bits per heavy atom. The Labute approximate surface area is 122 Å². The molecule has 0 saturated heterocycles. The van der Waals surface area contributed by atoms with Crippen LogP contribution in [0.25, 0.3) is 11.0 Å². The van der Waals surface area contributed by atoms with Gasteiger partial charge in [0, 0.05) is 12.5 Å². The summed E-state index contributed by atoms with van der Waals surface area (Å²) in [5.41, 5.74) is 2.12. The fraction of sp³-hybridized carbons (Fsp3) is 0.167. The van der Waals surface area contributed by atoms with Crippen molar-refractivity contribution in [2.45, 2.75) is 19.8 Å². The number of hydrogen-bond acceptors (Lipinski definition) is 3. The lowest BCUT2D eigenvalue weighted by molar-refractivity contribution is 0.473. The highest BCUT2D eigenvalue weighted by molar-refractivity contribution is 5.84. The van der Waals surface area contributed by atoms with E-state index in [2.05, 4.69) is 0 Å². The molecule has 0 bridgehead atoms. The molecule has 0 spiro atoms. The zero-order valence-corrected chi connectivity index (χ0v) is 11.8. The maximum absolute atomic E-state index is 12.2. The number of benzene rings is 2. The van der Waals surface area contributed by atoms with Crippen molar-refractivity contribution in [3.63, 3.8) is 0 Å². The topological polar surface area (TPSA) is 50.4 Å². The molecule has 21 heavy (non-hydrogen) atoms. The van der Waals surface area contributed by atoms with Gasteiger partial charge in [-0.15, -0.1) is 0 Å². The van der Waals surface area contributed by atoms with E-state index in [9.17, 15) is 9.90 Å². The zero-order valence-electron chi connectivity index (χ0n) is 11.8. The maximum Gasteiger partial charge on any atom is 0.196 e. The van der Waals surface area contributed by atoms with E-state index >= 15 is 0 Å². The Bertz CT molecular complexity index is 832. The SMILES string of the molecule is Cc1ccc2oc(CCc3ccccc3)cc(=O)c2c1O. The summed E-state index contributed by atoms with van der Waals surface area (Å²) in [7, 11) is 0. The molecule has 1 N–H and O–H groups in total. The van der Waals surface area contributed by atoms with Gasteiger partial charge in [0.25, 0.3) is 0 Å². The Morgan fingerprint density at radius 3 is 2.57 bits per heavy atom. The first-order valence-electron chi connectivity index (χ1n) is 6.94. The summed E-state index contributed by atoms with van der Waals surface area (Å²) in [6.45, 7) is 1.76. The van der Waals surface area contributed by atoms with Crippen molar-refractivity contribution in [3.8, 4) is 5.75 Å². The van der Waals surface area contributed by atoms with Crippen LogP contribution in [0.1, 0.15) is 16.9 Å². The van der Waals surface area contributed by atoms with E-state index in [0.29, 0.717) is 23.3 Å². The van der Waals surface area contributed by atoms with Crippen LogP contribution in [0, 0.1) is 6.92 Å². The second-order valence-corrected chi connectivity index (χ2v) is 5.17. The molecular weight excluding hydrogens is 264 g/mol. The summed E-state index contributed by atoms with van der Waals surface area (Å²) in [6.07, 6.45) is 1.47. The molecule has 0 saturated carbocycles. The third-order valence-corrected chi connectivity index (χ3v) is 3.62.